The van der Waals surface area contributed by atoms with Gasteiger partial charge in [0.05, 0.1) is 18.2 Å². The number of aliphatic hydroxyl groups is 1. The molecule has 0 radical (unpaired) electrons. The number of methoxy groups -OCH3 is 1. The Hall–Kier alpha value is -2.67. The van der Waals surface area contributed by atoms with E-state index in [2.05, 4.69) is 36.3 Å². The van der Waals surface area contributed by atoms with Crippen LogP contribution in [0.1, 0.15) is 47.8 Å². The Morgan fingerprint density at radius 3 is 2.34 bits per heavy atom. The molecule has 0 saturated heterocycles. The number of aromatic nitrogens is 1. The maximum atomic E-state index is 11.7. The van der Waals surface area contributed by atoms with Crippen molar-refractivity contribution in [2.75, 3.05) is 20.3 Å². The second-order valence-electron chi connectivity index (χ2n) is 8.88. The second-order valence-corrected chi connectivity index (χ2v) is 8.88. The first kappa shape index (κ1) is 22.5. The van der Waals surface area contributed by atoms with Crippen LogP contribution in [0, 0.1) is 0 Å². The summed E-state index contributed by atoms with van der Waals surface area (Å²) in [6.45, 7) is 5.22. The van der Waals surface area contributed by atoms with Crippen molar-refractivity contribution in [3.05, 3.63) is 74.6 Å². The molecule has 2 aromatic carbocycles. The summed E-state index contributed by atoms with van der Waals surface area (Å²) in [4.78, 5) is 14.4. The monoisotopic (exact) mass is 436 g/mol. The molecule has 170 valence electrons. The molecule has 1 atom stereocenters. The molecule has 0 amide bonds. The molecule has 0 bridgehead atoms. The summed E-state index contributed by atoms with van der Waals surface area (Å²) in [5.74, 6) is 0.00691. The minimum atomic E-state index is -0.856. The molecule has 4 rings (SSSR count). The van der Waals surface area contributed by atoms with Gasteiger partial charge in [0, 0.05) is 36.7 Å². The van der Waals surface area contributed by atoms with E-state index in [0.29, 0.717) is 29.6 Å². The normalized spacial score (nSPS) is 15.8. The molecule has 0 fully saturated rings. The number of hydrogen-bond acceptors (Lipinski definition) is 5. The van der Waals surface area contributed by atoms with Crippen LogP contribution in [0.2, 0.25) is 0 Å². The van der Waals surface area contributed by atoms with Gasteiger partial charge in [-0.2, -0.15) is 0 Å². The third kappa shape index (κ3) is 4.31. The lowest BCUT2D eigenvalue weighted by atomic mass is 9.95. The summed E-state index contributed by atoms with van der Waals surface area (Å²) in [7, 11) is 1.71. The van der Waals surface area contributed by atoms with Crippen LogP contribution in [-0.2, 0) is 30.4 Å². The molecular formula is C26H32N2O4. The summed E-state index contributed by atoms with van der Waals surface area (Å²) in [6, 6.07) is 10.8. The average molecular weight is 437 g/mol. The average Bonchev–Trinajstić information content (AvgIpc) is 3.13. The first-order valence-electron chi connectivity index (χ1n) is 11.3. The van der Waals surface area contributed by atoms with Gasteiger partial charge in [-0.3, -0.25) is 4.79 Å². The lowest BCUT2D eigenvalue weighted by molar-refractivity contribution is 0.0948. The molecular weight excluding hydrogens is 404 g/mol. The summed E-state index contributed by atoms with van der Waals surface area (Å²) in [5.41, 5.74) is 6.04. The Morgan fingerprint density at radius 2 is 1.75 bits per heavy atom. The topological polar surface area (TPSA) is 94.6 Å². The first-order valence-corrected chi connectivity index (χ1v) is 11.3. The molecule has 1 aliphatic rings. The van der Waals surface area contributed by atoms with E-state index in [1.54, 1.807) is 19.2 Å². The van der Waals surface area contributed by atoms with E-state index >= 15 is 0 Å². The highest BCUT2D eigenvalue weighted by molar-refractivity contribution is 5.84. The molecule has 0 saturated carbocycles. The molecule has 4 N–H and O–H groups in total. The quantitative estimate of drug-likeness (QED) is 0.435. The number of aromatic hydroxyl groups is 1. The molecule has 1 heterocycles. The van der Waals surface area contributed by atoms with Crippen LogP contribution in [0.3, 0.4) is 0 Å². The molecule has 1 aliphatic carbocycles. The first-order chi connectivity index (χ1) is 15.4. The largest absolute Gasteiger partial charge is 0.508 e. The molecule has 0 spiro atoms. The fraction of sp³-hybridized carbons (Fsp3) is 0.423. The predicted octanol–water partition coefficient (Wildman–Crippen LogP) is 3.17. The lowest BCUT2D eigenvalue weighted by Gasteiger charge is -2.31. The van der Waals surface area contributed by atoms with E-state index in [9.17, 15) is 15.0 Å². The van der Waals surface area contributed by atoms with Crippen molar-refractivity contribution in [2.45, 2.75) is 51.2 Å². The van der Waals surface area contributed by atoms with Crippen LogP contribution in [0.25, 0.3) is 10.9 Å². The molecule has 6 nitrogen and oxygen atoms in total. The number of aliphatic hydroxyl groups excluding tert-OH is 1. The van der Waals surface area contributed by atoms with E-state index < -0.39 is 6.10 Å². The van der Waals surface area contributed by atoms with E-state index in [-0.39, 0.29) is 16.8 Å². The van der Waals surface area contributed by atoms with E-state index in [4.69, 9.17) is 4.74 Å². The number of hydrogen-bond donors (Lipinski definition) is 4. The van der Waals surface area contributed by atoms with E-state index in [0.717, 1.165) is 25.7 Å². The van der Waals surface area contributed by atoms with Gasteiger partial charge in [-0.25, -0.2) is 0 Å². The maximum absolute atomic E-state index is 11.7. The van der Waals surface area contributed by atoms with Crippen LogP contribution >= 0.6 is 0 Å². The van der Waals surface area contributed by atoms with Gasteiger partial charge >= 0.3 is 0 Å². The summed E-state index contributed by atoms with van der Waals surface area (Å²) < 4.78 is 5.59. The number of aryl methyl sites for hydroxylation is 2. The van der Waals surface area contributed by atoms with Gasteiger partial charge in [0.15, 0.2) is 0 Å². The summed E-state index contributed by atoms with van der Waals surface area (Å²) >= 11 is 0. The smallest absolute Gasteiger partial charge is 0.248 e. The van der Waals surface area contributed by atoms with Gasteiger partial charge in [-0.1, -0.05) is 26.0 Å². The zero-order valence-electron chi connectivity index (χ0n) is 19.0. The Bertz CT molecular complexity index is 1150. The van der Waals surface area contributed by atoms with Crippen molar-refractivity contribution in [1.82, 2.24) is 10.3 Å². The second kappa shape index (κ2) is 9.06. The van der Waals surface area contributed by atoms with Crippen LogP contribution in [-0.4, -0.2) is 41.0 Å². The SMILES string of the molecule is CCc1cc2c(cc1CC)CC(COC)(NC[C@H](O)c1cc(O)cc3[nH]c(=O)ccc13)C2. The van der Waals surface area contributed by atoms with Gasteiger partial charge in [0.1, 0.15) is 5.75 Å². The lowest BCUT2D eigenvalue weighted by Crippen LogP contribution is -2.51. The number of ether oxygens (including phenoxy) is 1. The van der Waals surface area contributed by atoms with Gasteiger partial charge in [0.2, 0.25) is 5.56 Å². The minimum Gasteiger partial charge on any atom is -0.508 e. The number of pyridine rings is 1. The number of rotatable bonds is 8. The third-order valence-corrected chi connectivity index (χ3v) is 6.65. The fourth-order valence-electron chi connectivity index (χ4n) is 5.11. The number of aromatic amines is 1. The van der Waals surface area contributed by atoms with Crippen molar-refractivity contribution in [1.29, 1.82) is 0 Å². The molecule has 32 heavy (non-hydrogen) atoms. The van der Waals surface area contributed by atoms with Crippen molar-refractivity contribution in [3.8, 4) is 5.75 Å². The van der Waals surface area contributed by atoms with E-state index in [1.165, 1.54) is 34.4 Å². The minimum absolute atomic E-state index is 0.00691. The Labute approximate surface area is 188 Å². The van der Waals surface area contributed by atoms with Crippen molar-refractivity contribution in [2.24, 2.45) is 0 Å². The number of phenolic OH excluding ortho intramolecular Hbond substituents is 1. The third-order valence-electron chi connectivity index (χ3n) is 6.65. The number of H-pyrrole nitrogens is 1. The number of fused-ring (bicyclic) bond motifs is 2. The highest BCUT2D eigenvalue weighted by Gasteiger charge is 2.38. The highest BCUT2D eigenvalue weighted by Crippen LogP contribution is 2.34. The predicted molar refractivity (Wildman–Crippen MR) is 126 cm³/mol. The highest BCUT2D eigenvalue weighted by atomic mass is 16.5. The van der Waals surface area contributed by atoms with Crippen LogP contribution < -0.4 is 10.9 Å². The number of β-amino-alcohol motifs (C(OH)–C–C–N with tert-alkyl or cyclic N) is 1. The molecule has 0 unspecified atom stereocenters. The number of benzene rings is 2. The number of nitrogens with one attached hydrogen (secondary N) is 2. The van der Waals surface area contributed by atoms with Gasteiger partial charge in [-0.15, -0.1) is 0 Å². The Morgan fingerprint density at radius 1 is 1.09 bits per heavy atom. The standard InChI is InChI=1S/C26H32N2O4/c1-4-16-8-18-12-26(15-32-3,13-19(18)9-17(16)5-2)27-14-24(30)22-10-20(29)11-23-21(22)6-7-25(31)28-23/h6-11,24,27,29-30H,4-5,12-15H2,1-3H3,(H,28,31)/t24-/m0/s1. The van der Waals surface area contributed by atoms with Crippen LogP contribution in [0.15, 0.2) is 41.2 Å². The van der Waals surface area contributed by atoms with Gasteiger partial charge in [0.25, 0.3) is 0 Å². The van der Waals surface area contributed by atoms with Gasteiger partial charge < -0.3 is 25.3 Å². The van der Waals surface area contributed by atoms with Crippen LogP contribution in [0.5, 0.6) is 5.75 Å². The zero-order chi connectivity index (χ0) is 22.9. The number of phenols is 1. The molecule has 6 heteroatoms. The van der Waals surface area contributed by atoms with Crippen molar-refractivity contribution >= 4 is 10.9 Å². The summed E-state index contributed by atoms with van der Waals surface area (Å²) in [6.07, 6.45) is 2.87. The van der Waals surface area contributed by atoms with Crippen molar-refractivity contribution < 1.29 is 14.9 Å². The fourth-order valence-corrected chi connectivity index (χ4v) is 5.11. The van der Waals surface area contributed by atoms with Crippen LogP contribution in [0.4, 0.5) is 0 Å². The summed E-state index contributed by atoms with van der Waals surface area (Å²) in [5, 5.41) is 25.4. The zero-order valence-corrected chi connectivity index (χ0v) is 19.0. The van der Waals surface area contributed by atoms with E-state index in [1.807, 2.05) is 0 Å². The molecule has 3 aromatic rings. The van der Waals surface area contributed by atoms with Gasteiger partial charge in [-0.05, 0) is 65.6 Å². The molecule has 0 aliphatic heterocycles. The Kier molecular flexibility index (Phi) is 6.38. The molecule has 1 aromatic heterocycles. The Balaban J connectivity index is 1.59. The maximum Gasteiger partial charge on any atom is 0.248 e. The van der Waals surface area contributed by atoms with Crippen molar-refractivity contribution in [3.63, 3.8) is 0 Å².